The molecule has 0 radical (unpaired) electrons. The maximum absolute atomic E-state index is 13.7. The highest BCUT2D eigenvalue weighted by atomic mass is 32.2. The van der Waals surface area contributed by atoms with E-state index in [2.05, 4.69) is 17.4 Å². The SMILES string of the molecule is CCOc1ccccc1NC(=O)N(CCCc1ccccc1)c1cccc(Sc2ccc(C(CC)C(=O)O)cc2)c1. The van der Waals surface area contributed by atoms with Gasteiger partial charge < -0.3 is 15.2 Å². The summed E-state index contributed by atoms with van der Waals surface area (Å²) in [7, 11) is 0. The summed E-state index contributed by atoms with van der Waals surface area (Å²) in [5, 5.41) is 12.5. The van der Waals surface area contributed by atoms with E-state index < -0.39 is 11.9 Å². The Bertz CT molecular complexity index is 1430. The van der Waals surface area contributed by atoms with Crippen molar-refractivity contribution in [3.8, 4) is 5.75 Å². The van der Waals surface area contributed by atoms with E-state index in [0.717, 1.165) is 33.9 Å². The average Bonchev–Trinajstić information content (AvgIpc) is 2.98. The lowest BCUT2D eigenvalue weighted by atomic mass is 9.97. The number of carboxylic acids is 1. The minimum Gasteiger partial charge on any atom is -0.492 e. The second-order valence-electron chi connectivity index (χ2n) is 9.57. The molecule has 2 amide bonds. The first-order valence-corrected chi connectivity index (χ1v) is 14.7. The van der Waals surface area contributed by atoms with Crippen LogP contribution in [0.5, 0.6) is 5.75 Å². The molecule has 4 aromatic rings. The Morgan fingerprint density at radius 1 is 0.878 bits per heavy atom. The highest BCUT2D eigenvalue weighted by Gasteiger charge is 2.19. The molecule has 0 saturated carbocycles. The Labute approximate surface area is 246 Å². The van der Waals surface area contributed by atoms with Crippen LogP contribution >= 0.6 is 11.8 Å². The third-order valence-electron chi connectivity index (χ3n) is 6.72. The Morgan fingerprint density at radius 3 is 2.32 bits per heavy atom. The van der Waals surface area contributed by atoms with Crippen LogP contribution in [0.15, 0.2) is 113 Å². The molecule has 4 aromatic carbocycles. The number of carbonyl (C=O) groups is 2. The Kier molecular flexibility index (Phi) is 10.9. The number of benzene rings is 4. The van der Waals surface area contributed by atoms with Gasteiger partial charge in [0, 0.05) is 22.0 Å². The zero-order valence-corrected chi connectivity index (χ0v) is 24.3. The van der Waals surface area contributed by atoms with Crippen LogP contribution < -0.4 is 15.0 Å². The molecule has 0 spiro atoms. The molecule has 0 fully saturated rings. The van der Waals surface area contributed by atoms with Crippen molar-refractivity contribution in [2.24, 2.45) is 0 Å². The largest absolute Gasteiger partial charge is 0.492 e. The van der Waals surface area contributed by atoms with Crippen molar-refractivity contribution < 1.29 is 19.4 Å². The number of carbonyl (C=O) groups excluding carboxylic acids is 1. The van der Waals surface area contributed by atoms with E-state index in [9.17, 15) is 14.7 Å². The van der Waals surface area contributed by atoms with Crippen molar-refractivity contribution in [1.82, 2.24) is 0 Å². The zero-order valence-electron chi connectivity index (χ0n) is 23.5. The summed E-state index contributed by atoms with van der Waals surface area (Å²) in [5.74, 6) is -0.683. The van der Waals surface area contributed by atoms with Crippen LogP contribution in [0.2, 0.25) is 0 Å². The second kappa shape index (κ2) is 15.0. The summed E-state index contributed by atoms with van der Waals surface area (Å²) in [6, 6.07) is 33.1. The molecule has 0 bridgehead atoms. The Balaban J connectivity index is 1.54. The first kappa shape index (κ1) is 29.7. The van der Waals surface area contributed by atoms with Gasteiger partial charge in [0.2, 0.25) is 0 Å². The van der Waals surface area contributed by atoms with Crippen LogP contribution in [0, 0.1) is 0 Å². The lowest BCUT2D eigenvalue weighted by molar-refractivity contribution is -0.138. The van der Waals surface area contributed by atoms with Gasteiger partial charge in [-0.05, 0) is 79.8 Å². The molecule has 212 valence electrons. The summed E-state index contributed by atoms with van der Waals surface area (Å²) >= 11 is 1.58. The predicted molar refractivity (Wildman–Crippen MR) is 166 cm³/mol. The van der Waals surface area contributed by atoms with Crippen molar-refractivity contribution in [1.29, 1.82) is 0 Å². The van der Waals surface area contributed by atoms with Crippen molar-refractivity contribution in [3.63, 3.8) is 0 Å². The number of rotatable bonds is 13. The maximum Gasteiger partial charge on any atom is 0.326 e. The van der Waals surface area contributed by atoms with Crippen molar-refractivity contribution in [2.75, 3.05) is 23.4 Å². The monoisotopic (exact) mass is 568 g/mol. The van der Waals surface area contributed by atoms with Gasteiger partial charge in [-0.3, -0.25) is 9.69 Å². The fraction of sp³-hybridized carbons (Fsp3) is 0.235. The lowest BCUT2D eigenvalue weighted by Gasteiger charge is -2.24. The number of anilines is 2. The molecule has 0 heterocycles. The van der Waals surface area contributed by atoms with Crippen LogP contribution in [-0.2, 0) is 11.2 Å². The minimum absolute atomic E-state index is 0.226. The number of hydrogen-bond donors (Lipinski definition) is 2. The molecule has 41 heavy (non-hydrogen) atoms. The fourth-order valence-electron chi connectivity index (χ4n) is 4.64. The standard InChI is InChI=1S/C34H36N2O4S/c1-3-30(33(37)38)26-19-21-28(22-20-26)41-29-16-10-15-27(24-29)36(23-11-14-25-12-6-5-7-13-25)34(39)35-31-17-8-9-18-32(31)40-4-2/h5-10,12-13,15-22,24,30H,3-4,11,14,23H2,1-2H3,(H,35,39)(H,37,38). The molecular weight excluding hydrogens is 532 g/mol. The molecule has 4 rings (SSSR count). The lowest BCUT2D eigenvalue weighted by Crippen LogP contribution is -2.36. The number of ether oxygens (including phenoxy) is 1. The Morgan fingerprint density at radius 2 is 1.61 bits per heavy atom. The van der Waals surface area contributed by atoms with Gasteiger partial charge in [-0.25, -0.2) is 4.79 Å². The van der Waals surface area contributed by atoms with Crippen LogP contribution in [0.25, 0.3) is 0 Å². The third kappa shape index (κ3) is 8.38. The molecular formula is C34H36N2O4S. The predicted octanol–water partition coefficient (Wildman–Crippen LogP) is 8.49. The summed E-state index contributed by atoms with van der Waals surface area (Å²) in [6.45, 7) is 4.83. The normalized spacial score (nSPS) is 11.5. The fourth-order valence-corrected chi connectivity index (χ4v) is 5.51. The number of amides is 2. The van der Waals surface area contributed by atoms with Gasteiger partial charge in [0.15, 0.2) is 0 Å². The average molecular weight is 569 g/mol. The first-order valence-electron chi connectivity index (χ1n) is 13.9. The Hall–Kier alpha value is -4.23. The van der Waals surface area contributed by atoms with Crippen molar-refractivity contribution in [2.45, 2.75) is 48.8 Å². The quantitative estimate of drug-likeness (QED) is 0.169. The highest BCUT2D eigenvalue weighted by molar-refractivity contribution is 7.99. The minimum atomic E-state index is -0.810. The number of hydrogen-bond acceptors (Lipinski definition) is 4. The van der Waals surface area contributed by atoms with Gasteiger partial charge in [0.25, 0.3) is 0 Å². The molecule has 0 aliphatic rings. The van der Waals surface area contributed by atoms with Gasteiger partial charge in [-0.15, -0.1) is 0 Å². The number of carboxylic acid groups (broad SMARTS) is 1. The summed E-state index contributed by atoms with van der Waals surface area (Å²) in [6.07, 6.45) is 2.20. The van der Waals surface area contributed by atoms with Gasteiger partial charge >= 0.3 is 12.0 Å². The molecule has 7 heteroatoms. The maximum atomic E-state index is 13.7. The summed E-state index contributed by atoms with van der Waals surface area (Å²) < 4.78 is 5.72. The molecule has 6 nitrogen and oxygen atoms in total. The van der Waals surface area contributed by atoms with E-state index in [1.165, 1.54) is 5.56 Å². The summed E-state index contributed by atoms with van der Waals surface area (Å²) in [5.41, 5.74) is 3.45. The molecule has 2 N–H and O–H groups in total. The van der Waals surface area contributed by atoms with Crippen LogP contribution in [0.4, 0.5) is 16.2 Å². The van der Waals surface area contributed by atoms with Gasteiger partial charge in [-0.1, -0.05) is 79.3 Å². The second-order valence-corrected chi connectivity index (χ2v) is 10.7. The molecule has 1 unspecified atom stereocenters. The smallest absolute Gasteiger partial charge is 0.326 e. The molecule has 0 aliphatic heterocycles. The van der Waals surface area contributed by atoms with Crippen LogP contribution in [0.1, 0.15) is 43.7 Å². The van der Waals surface area contributed by atoms with Crippen molar-refractivity contribution in [3.05, 3.63) is 114 Å². The van der Waals surface area contributed by atoms with Crippen LogP contribution in [-0.4, -0.2) is 30.3 Å². The van der Waals surface area contributed by atoms with Gasteiger partial charge in [-0.2, -0.15) is 0 Å². The highest BCUT2D eigenvalue weighted by Crippen LogP contribution is 2.33. The number of para-hydroxylation sites is 2. The van der Waals surface area contributed by atoms with E-state index in [0.29, 0.717) is 31.0 Å². The van der Waals surface area contributed by atoms with Crippen molar-refractivity contribution >= 4 is 35.1 Å². The van der Waals surface area contributed by atoms with Gasteiger partial charge in [0.1, 0.15) is 5.75 Å². The molecule has 1 atom stereocenters. The van der Waals surface area contributed by atoms with E-state index >= 15 is 0 Å². The number of aryl methyl sites for hydroxylation is 1. The topological polar surface area (TPSA) is 78.9 Å². The van der Waals surface area contributed by atoms with E-state index in [-0.39, 0.29) is 6.03 Å². The van der Waals surface area contributed by atoms with E-state index in [4.69, 9.17) is 4.74 Å². The van der Waals surface area contributed by atoms with Crippen LogP contribution in [0.3, 0.4) is 0 Å². The number of nitrogens with zero attached hydrogens (tertiary/aromatic N) is 1. The third-order valence-corrected chi connectivity index (χ3v) is 7.71. The number of urea groups is 1. The van der Waals surface area contributed by atoms with E-state index in [1.54, 1.807) is 16.7 Å². The zero-order chi connectivity index (χ0) is 29.0. The summed E-state index contributed by atoms with van der Waals surface area (Å²) in [4.78, 5) is 29.0. The van der Waals surface area contributed by atoms with Gasteiger partial charge in [0.05, 0.1) is 18.2 Å². The molecule has 0 saturated heterocycles. The number of nitrogens with one attached hydrogen (secondary N) is 1. The molecule has 0 aromatic heterocycles. The van der Waals surface area contributed by atoms with E-state index in [1.807, 2.05) is 105 Å². The molecule has 0 aliphatic carbocycles. The number of aliphatic carboxylic acids is 1. The first-order chi connectivity index (χ1) is 20.0.